The Morgan fingerprint density at radius 2 is 1.74 bits per heavy atom. The van der Waals surface area contributed by atoms with Gasteiger partial charge in [0.25, 0.3) is 5.91 Å². The lowest BCUT2D eigenvalue weighted by Gasteiger charge is -2.10. The maximum absolute atomic E-state index is 12.9. The van der Waals surface area contributed by atoms with E-state index in [0.29, 0.717) is 41.8 Å². The summed E-state index contributed by atoms with van der Waals surface area (Å²) in [5, 5.41) is 0. The van der Waals surface area contributed by atoms with E-state index in [-0.39, 0.29) is 12.3 Å². The molecule has 2 aromatic carbocycles. The van der Waals surface area contributed by atoms with Gasteiger partial charge in [-0.1, -0.05) is 29.0 Å². The third-order valence-corrected chi connectivity index (χ3v) is 5.89. The van der Waals surface area contributed by atoms with Crippen LogP contribution < -0.4 is 19.0 Å². The molecule has 0 saturated heterocycles. The molecule has 0 spiro atoms. The Labute approximate surface area is 185 Å². The van der Waals surface area contributed by atoms with Crippen LogP contribution in [0.4, 0.5) is 0 Å². The second kappa shape index (κ2) is 10.5. The molecule has 1 heterocycles. The van der Waals surface area contributed by atoms with Gasteiger partial charge in [0.15, 0.2) is 16.3 Å². The molecule has 0 aliphatic rings. The van der Waals surface area contributed by atoms with E-state index in [9.17, 15) is 4.79 Å². The van der Waals surface area contributed by atoms with E-state index in [1.807, 2.05) is 48.7 Å². The van der Waals surface area contributed by atoms with Gasteiger partial charge in [-0.25, -0.2) is 0 Å². The van der Waals surface area contributed by atoms with Crippen LogP contribution in [0, 0.1) is 6.92 Å². The third kappa shape index (κ3) is 5.26. The first-order chi connectivity index (χ1) is 15.0. The van der Waals surface area contributed by atoms with Crippen molar-refractivity contribution in [3.05, 3.63) is 46.3 Å². The summed E-state index contributed by atoms with van der Waals surface area (Å²) >= 11 is 1.44. The third-order valence-electron chi connectivity index (χ3n) is 4.85. The van der Waals surface area contributed by atoms with Crippen LogP contribution in [0.25, 0.3) is 10.2 Å². The first kappa shape index (κ1) is 22.8. The Kier molecular flexibility index (Phi) is 7.70. The second-order valence-corrected chi connectivity index (χ2v) is 7.91. The predicted octanol–water partition coefficient (Wildman–Crippen LogP) is 3.74. The molecule has 3 rings (SSSR count). The maximum Gasteiger partial charge on any atom is 0.252 e. The number of hydrogen-bond acceptors (Lipinski definition) is 6. The molecule has 31 heavy (non-hydrogen) atoms. The molecule has 3 aromatic rings. The molecule has 166 valence electrons. The number of thiazole rings is 1. The van der Waals surface area contributed by atoms with Crippen LogP contribution in [0.15, 0.2) is 35.3 Å². The summed E-state index contributed by atoms with van der Waals surface area (Å²) < 4.78 is 24.8. The summed E-state index contributed by atoms with van der Waals surface area (Å²) in [5.74, 6) is 1.71. The minimum atomic E-state index is -0.237. The smallest absolute Gasteiger partial charge is 0.252 e. The zero-order valence-corrected chi connectivity index (χ0v) is 19.4. The molecule has 0 saturated carbocycles. The van der Waals surface area contributed by atoms with Crippen LogP contribution in [0.5, 0.6) is 17.2 Å². The predicted molar refractivity (Wildman–Crippen MR) is 121 cm³/mol. The van der Waals surface area contributed by atoms with Crippen molar-refractivity contribution in [3.8, 4) is 17.2 Å². The number of hydrogen-bond donors (Lipinski definition) is 0. The average Bonchev–Trinajstić information content (AvgIpc) is 3.08. The van der Waals surface area contributed by atoms with Gasteiger partial charge in [0.05, 0.1) is 44.6 Å². The number of methoxy groups -OCH3 is 3. The fourth-order valence-corrected chi connectivity index (χ4v) is 4.44. The fraction of sp³-hybridized carbons (Fsp3) is 0.391. The molecule has 0 aliphatic carbocycles. The van der Waals surface area contributed by atoms with Crippen molar-refractivity contribution >= 4 is 27.5 Å². The van der Waals surface area contributed by atoms with E-state index in [2.05, 4.69) is 4.99 Å². The molecule has 1 amide bonds. The lowest BCUT2D eigenvalue weighted by Crippen LogP contribution is -2.20. The van der Waals surface area contributed by atoms with E-state index in [0.717, 1.165) is 21.3 Å². The molecule has 1 aromatic heterocycles. The highest BCUT2D eigenvalue weighted by Crippen LogP contribution is 2.33. The Hall–Kier alpha value is -2.84. The highest BCUT2D eigenvalue weighted by molar-refractivity contribution is 7.16. The van der Waals surface area contributed by atoms with Crippen LogP contribution in [0.2, 0.25) is 0 Å². The Balaban J connectivity index is 2.04. The number of nitrogens with zero attached hydrogens (tertiary/aromatic N) is 2. The first-order valence-corrected chi connectivity index (χ1v) is 10.9. The number of aryl methyl sites for hydroxylation is 1. The number of carbonyl (C=O) groups is 1. The monoisotopic (exact) mass is 444 g/mol. The molecule has 0 fully saturated rings. The van der Waals surface area contributed by atoms with Gasteiger partial charge in [-0.15, -0.1) is 0 Å². The van der Waals surface area contributed by atoms with Gasteiger partial charge >= 0.3 is 0 Å². The lowest BCUT2D eigenvalue weighted by atomic mass is 10.1. The van der Waals surface area contributed by atoms with Crippen molar-refractivity contribution < 1.29 is 23.7 Å². The SMILES string of the molecule is CCOCCn1c(=NC(=O)Cc2cc(C)ccc2OC)sc2cc(OC)c(OC)cc21. The minimum absolute atomic E-state index is 0.164. The van der Waals surface area contributed by atoms with Gasteiger partial charge in [-0.05, 0) is 19.9 Å². The Morgan fingerprint density at radius 3 is 2.42 bits per heavy atom. The number of aromatic nitrogens is 1. The molecule has 0 radical (unpaired) electrons. The molecule has 0 N–H and O–H groups in total. The van der Waals surface area contributed by atoms with E-state index in [1.165, 1.54) is 11.3 Å². The summed E-state index contributed by atoms with van der Waals surface area (Å²) in [5.41, 5.74) is 2.81. The largest absolute Gasteiger partial charge is 0.496 e. The number of rotatable bonds is 9. The van der Waals surface area contributed by atoms with Crippen LogP contribution in [-0.2, 0) is 22.5 Å². The maximum atomic E-state index is 12.9. The average molecular weight is 445 g/mol. The zero-order chi connectivity index (χ0) is 22.4. The fourth-order valence-electron chi connectivity index (χ4n) is 3.35. The van der Waals surface area contributed by atoms with Crippen LogP contribution in [-0.4, -0.2) is 45.0 Å². The number of carbonyl (C=O) groups excluding carboxylic acids is 1. The van der Waals surface area contributed by atoms with Crippen LogP contribution >= 0.6 is 11.3 Å². The molecule has 0 aliphatic heterocycles. The molecule has 8 heteroatoms. The summed E-state index contributed by atoms with van der Waals surface area (Å²) in [7, 11) is 4.80. The summed E-state index contributed by atoms with van der Waals surface area (Å²) in [6, 6.07) is 9.60. The topological polar surface area (TPSA) is 71.3 Å². The van der Waals surface area contributed by atoms with Crippen molar-refractivity contribution in [2.75, 3.05) is 34.5 Å². The molecule has 0 atom stereocenters. The standard InChI is InChI=1S/C23H28N2O5S/c1-6-30-10-9-25-17-13-19(28-4)20(29-5)14-21(17)31-23(25)24-22(26)12-16-11-15(2)7-8-18(16)27-3/h7-8,11,13-14H,6,9-10,12H2,1-5H3. The van der Waals surface area contributed by atoms with Crippen molar-refractivity contribution in [1.82, 2.24) is 4.57 Å². The molecular weight excluding hydrogens is 416 g/mol. The van der Waals surface area contributed by atoms with Crippen molar-refractivity contribution in [2.45, 2.75) is 26.8 Å². The highest BCUT2D eigenvalue weighted by atomic mass is 32.1. The minimum Gasteiger partial charge on any atom is -0.496 e. The van der Waals surface area contributed by atoms with Crippen LogP contribution in [0.3, 0.4) is 0 Å². The quantitative estimate of drug-likeness (QED) is 0.470. The molecule has 0 unspecified atom stereocenters. The Bertz CT molecular complexity index is 1130. The summed E-state index contributed by atoms with van der Waals surface area (Å²) in [6.45, 7) is 5.65. The number of ether oxygens (including phenoxy) is 4. The van der Waals surface area contributed by atoms with E-state index < -0.39 is 0 Å². The molecular formula is C23H28N2O5S. The summed E-state index contributed by atoms with van der Waals surface area (Å²) in [6.07, 6.45) is 0.164. The molecule has 7 nitrogen and oxygen atoms in total. The highest BCUT2D eigenvalue weighted by Gasteiger charge is 2.14. The van der Waals surface area contributed by atoms with Gasteiger partial charge in [0.1, 0.15) is 5.75 Å². The van der Waals surface area contributed by atoms with Crippen molar-refractivity contribution in [2.24, 2.45) is 4.99 Å². The number of fused-ring (bicyclic) bond motifs is 1. The normalized spacial score (nSPS) is 11.7. The van der Waals surface area contributed by atoms with Gasteiger partial charge in [0.2, 0.25) is 0 Å². The zero-order valence-electron chi connectivity index (χ0n) is 18.6. The second-order valence-electron chi connectivity index (χ2n) is 6.91. The van der Waals surface area contributed by atoms with Gasteiger partial charge in [-0.2, -0.15) is 4.99 Å². The van der Waals surface area contributed by atoms with Gasteiger partial charge < -0.3 is 23.5 Å². The van der Waals surface area contributed by atoms with Crippen LogP contribution in [0.1, 0.15) is 18.1 Å². The van der Waals surface area contributed by atoms with E-state index >= 15 is 0 Å². The number of amides is 1. The van der Waals surface area contributed by atoms with E-state index in [1.54, 1.807) is 21.3 Å². The number of benzene rings is 2. The van der Waals surface area contributed by atoms with Crippen molar-refractivity contribution in [1.29, 1.82) is 0 Å². The van der Waals surface area contributed by atoms with Gasteiger partial charge in [0, 0.05) is 30.8 Å². The first-order valence-electron chi connectivity index (χ1n) is 10.0. The van der Waals surface area contributed by atoms with Crippen molar-refractivity contribution in [3.63, 3.8) is 0 Å². The summed E-state index contributed by atoms with van der Waals surface area (Å²) in [4.78, 5) is 17.9. The van der Waals surface area contributed by atoms with E-state index in [4.69, 9.17) is 18.9 Å². The lowest BCUT2D eigenvalue weighted by molar-refractivity contribution is -0.117. The van der Waals surface area contributed by atoms with Gasteiger partial charge in [-0.3, -0.25) is 4.79 Å². The molecule has 0 bridgehead atoms. The Morgan fingerprint density at radius 1 is 1.03 bits per heavy atom.